The SMILES string of the molecule is CC1(C)c2cc(N(c3ccc4ccc5ccccc5c4c3)c3cccc4ccccc34)ccc2-c2c(-c3ccccc3)c3ccc(N(c4ccc5ccc6ccccc6c5c4)c4cccc5ccccc45)cc3c3cccc1c23. The Balaban J connectivity index is 0.945. The second kappa shape index (κ2) is 17.5. The van der Waals surface area contributed by atoms with Crippen molar-refractivity contribution < 1.29 is 0 Å². The molecule has 0 heterocycles. The lowest BCUT2D eigenvalue weighted by Gasteiger charge is -2.38. The highest BCUT2D eigenvalue weighted by Gasteiger charge is 2.37. The average molecular weight is 1010 g/mol. The third-order valence-corrected chi connectivity index (χ3v) is 17.3. The molecule has 0 aromatic heterocycles. The van der Waals surface area contributed by atoms with Crippen molar-refractivity contribution in [3.05, 3.63) is 290 Å². The molecule has 15 aromatic rings. The first-order chi connectivity index (χ1) is 38.9. The van der Waals surface area contributed by atoms with E-state index in [0.717, 1.165) is 34.1 Å². The summed E-state index contributed by atoms with van der Waals surface area (Å²) in [5.41, 5.74) is 14.0. The molecule has 370 valence electrons. The number of rotatable bonds is 7. The van der Waals surface area contributed by atoms with Crippen LogP contribution in [0.15, 0.2) is 279 Å². The molecular weight excluding hydrogens is 953 g/mol. The maximum absolute atomic E-state index is 2.50. The Labute approximate surface area is 459 Å². The standard InChI is InChI=1S/C77H52N2/c1-77(2)70-30-16-29-64-69-47-58(78(72-31-14-23-49-17-8-12-27-62(49)72)56-39-37-53-35-33-51-19-6-10-25-60(51)67(53)45-56)41-43-65(69)74(55-21-4-3-5-22-55)76(75(64)70)66-44-42-59(48-71(66)77)79(73-32-15-24-50-18-9-13-28-63(50)73)57-40-38-54-36-34-52-20-7-11-26-61(52)68(54)46-57/h3-48H,1-2H3. The number of fused-ring (bicyclic) bond motifs is 12. The first-order valence-electron chi connectivity index (χ1n) is 27.6. The maximum atomic E-state index is 2.50. The molecule has 2 nitrogen and oxygen atoms in total. The Morgan fingerprint density at radius 3 is 1.23 bits per heavy atom. The molecule has 0 radical (unpaired) electrons. The largest absolute Gasteiger partial charge is 0.310 e. The quantitative estimate of drug-likeness (QED) is 0.147. The van der Waals surface area contributed by atoms with Crippen molar-refractivity contribution in [2.45, 2.75) is 19.3 Å². The van der Waals surface area contributed by atoms with Gasteiger partial charge in [0.1, 0.15) is 0 Å². The Hall–Kier alpha value is -10.0. The normalized spacial score (nSPS) is 12.8. The van der Waals surface area contributed by atoms with Gasteiger partial charge in [0.25, 0.3) is 0 Å². The fraction of sp³-hybridized carbons (Fsp3) is 0.0390. The number of hydrogen-bond donors (Lipinski definition) is 0. The molecule has 15 aromatic carbocycles. The van der Waals surface area contributed by atoms with E-state index in [1.165, 1.54) is 120 Å². The molecule has 0 amide bonds. The van der Waals surface area contributed by atoms with E-state index in [1.54, 1.807) is 0 Å². The van der Waals surface area contributed by atoms with Crippen LogP contribution in [-0.2, 0) is 5.41 Å². The summed E-state index contributed by atoms with van der Waals surface area (Å²) in [5.74, 6) is 0. The molecule has 0 N–H and O–H groups in total. The van der Waals surface area contributed by atoms with Gasteiger partial charge in [-0.05, 0) is 169 Å². The fourth-order valence-corrected chi connectivity index (χ4v) is 13.6. The van der Waals surface area contributed by atoms with Gasteiger partial charge in [-0.3, -0.25) is 0 Å². The van der Waals surface area contributed by atoms with E-state index in [2.05, 4.69) is 303 Å². The molecule has 0 spiro atoms. The Morgan fingerprint density at radius 1 is 0.253 bits per heavy atom. The van der Waals surface area contributed by atoms with E-state index < -0.39 is 0 Å². The summed E-state index contributed by atoms with van der Waals surface area (Å²) in [6, 6.07) is 104. The van der Waals surface area contributed by atoms with Gasteiger partial charge in [0.05, 0.1) is 11.4 Å². The molecular formula is C77H52N2. The van der Waals surface area contributed by atoms with Gasteiger partial charge < -0.3 is 9.80 Å². The third-order valence-electron chi connectivity index (χ3n) is 17.3. The number of hydrogen-bond acceptors (Lipinski definition) is 2. The lowest BCUT2D eigenvalue weighted by Crippen LogP contribution is -2.25. The van der Waals surface area contributed by atoms with Gasteiger partial charge in [-0.2, -0.15) is 0 Å². The minimum atomic E-state index is -0.371. The predicted molar refractivity (Wildman–Crippen MR) is 339 cm³/mol. The molecule has 0 unspecified atom stereocenters. The van der Waals surface area contributed by atoms with E-state index in [4.69, 9.17) is 0 Å². The predicted octanol–water partition coefficient (Wildman–Crippen LogP) is 21.8. The van der Waals surface area contributed by atoms with Gasteiger partial charge in [-0.1, -0.05) is 232 Å². The van der Waals surface area contributed by atoms with E-state index >= 15 is 0 Å². The third kappa shape index (κ3) is 6.98. The van der Waals surface area contributed by atoms with Crippen molar-refractivity contribution in [2.75, 3.05) is 9.80 Å². The van der Waals surface area contributed by atoms with E-state index in [-0.39, 0.29) is 5.41 Å². The van der Waals surface area contributed by atoms with Crippen LogP contribution in [0.1, 0.15) is 25.0 Å². The summed E-state index contributed by atoms with van der Waals surface area (Å²) in [5, 5.41) is 19.8. The number of anilines is 6. The van der Waals surface area contributed by atoms with Crippen LogP contribution < -0.4 is 9.80 Å². The fourth-order valence-electron chi connectivity index (χ4n) is 13.6. The molecule has 1 aliphatic rings. The minimum absolute atomic E-state index is 0.371. The van der Waals surface area contributed by atoms with Crippen LogP contribution in [0.25, 0.3) is 108 Å². The molecule has 0 aliphatic heterocycles. The molecule has 0 saturated heterocycles. The Morgan fingerprint density at radius 2 is 0.658 bits per heavy atom. The summed E-state index contributed by atoms with van der Waals surface area (Å²) in [7, 11) is 0. The van der Waals surface area contributed by atoms with Gasteiger partial charge in [-0.25, -0.2) is 0 Å². The summed E-state index contributed by atoms with van der Waals surface area (Å²) in [6.45, 7) is 4.87. The molecule has 1 aliphatic carbocycles. The summed E-state index contributed by atoms with van der Waals surface area (Å²) >= 11 is 0. The second-order valence-corrected chi connectivity index (χ2v) is 22.0. The highest BCUT2D eigenvalue weighted by atomic mass is 15.1. The van der Waals surface area contributed by atoms with Gasteiger partial charge in [0, 0.05) is 38.9 Å². The van der Waals surface area contributed by atoms with E-state index in [9.17, 15) is 0 Å². The minimum Gasteiger partial charge on any atom is -0.310 e. The summed E-state index contributed by atoms with van der Waals surface area (Å²) < 4.78 is 0. The molecule has 0 bridgehead atoms. The zero-order valence-electron chi connectivity index (χ0n) is 44.0. The van der Waals surface area contributed by atoms with Gasteiger partial charge in [0.2, 0.25) is 0 Å². The highest BCUT2D eigenvalue weighted by Crippen LogP contribution is 2.56. The van der Waals surface area contributed by atoms with Crippen LogP contribution in [0.4, 0.5) is 34.1 Å². The van der Waals surface area contributed by atoms with Crippen LogP contribution in [-0.4, -0.2) is 0 Å². The van der Waals surface area contributed by atoms with Crippen molar-refractivity contribution in [3.63, 3.8) is 0 Å². The lowest BCUT2D eigenvalue weighted by atomic mass is 9.66. The lowest BCUT2D eigenvalue weighted by molar-refractivity contribution is 0.645. The molecule has 79 heavy (non-hydrogen) atoms. The second-order valence-electron chi connectivity index (χ2n) is 22.0. The van der Waals surface area contributed by atoms with E-state index in [1.807, 2.05) is 0 Å². The van der Waals surface area contributed by atoms with Gasteiger partial charge >= 0.3 is 0 Å². The summed E-state index contributed by atoms with van der Waals surface area (Å²) in [4.78, 5) is 4.98. The van der Waals surface area contributed by atoms with E-state index in [0.29, 0.717) is 0 Å². The molecule has 0 atom stereocenters. The monoisotopic (exact) mass is 1000 g/mol. The molecule has 2 heteroatoms. The van der Waals surface area contributed by atoms with Crippen LogP contribution in [0.2, 0.25) is 0 Å². The number of benzene rings is 15. The van der Waals surface area contributed by atoms with Crippen molar-refractivity contribution in [3.8, 4) is 22.3 Å². The van der Waals surface area contributed by atoms with Crippen LogP contribution in [0.3, 0.4) is 0 Å². The van der Waals surface area contributed by atoms with Gasteiger partial charge in [0.15, 0.2) is 0 Å². The summed E-state index contributed by atoms with van der Waals surface area (Å²) in [6.07, 6.45) is 0. The number of nitrogens with zero attached hydrogens (tertiary/aromatic N) is 2. The molecule has 0 fully saturated rings. The topological polar surface area (TPSA) is 6.48 Å². The van der Waals surface area contributed by atoms with Crippen molar-refractivity contribution >= 4 is 120 Å². The van der Waals surface area contributed by atoms with Crippen molar-refractivity contribution in [1.29, 1.82) is 0 Å². The average Bonchev–Trinajstić information content (AvgIpc) is 3.68. The molecule has 0 saturated carbocycles. The first kappa shape index (κ1) is 45.2. The van der Waals surface area contributed by atoms with Gasteiger partial charge in [-0.15, -0.1) is 0 Å². The zero-order chi connectivity index (χ0) is 52.3. The maximum Gasteiger partial charge on any atom is 0.0540 e. The highest BCUT2D eigenvalue weighted by molar-refractivity contribution is 6.25. The smallest absolute Gasteiger partial charge is 0.0540 e. The molecule has 16 rings (SSSR count). The van der Waals surface area contributed by atoms with Crippen LogP contribution >= 0.6 is 0 Å². The van der Waals surface area contributed by atoms with Crippen molar-refractivity contribution in [2.24, 2.45) is 0 Å². The van der Waals surface area contributed by atoms with Crippen LogP contribution in [0, 0.1) is 0 Å². The Kier molecular flexibility index (Phi) is 10.0. The van der Waals surface area contributed by atoms with Crippen LogP contribution in [0.5, 0.6) is 0 Å². The Bertz CT molecular complexity index is 5000. The van der Waals surface area contributed by atoms with Crippen molar-refractivity contribution in [1.82, 2.24) is 0 Å². The zero-order valence-corrected chi connectivity index (χ0v) is 44.0. The first-order valence-corrected chi connectivity index (χ1v) is 27.6.